The van der Waals surface area contributed by atoms with Crippen LogP contribution in [0.3, 0.4) is 0 Å². The van der Waals surface area contributed by atoms with Crippen molar-refractivity contribution in [3.05, 3.63) is 29.9 Å². The highest BCUT2D eigenvalue weighted by Gasteiger charge is 2.30. The number of carbonyl (C=O) groups excluding carboxylic acids is 3. The zero-order valence-electron chi connectivity index (χ0n) is 14.2. The lowest BCUT2D eigenvalue weighted by molar-refractivity contribution is -0.119. The lowest BCUT2D eigenvalue weighted by atomic mass is 10.1. The number of fused-ring (bicyclic) bond motifs is 1. The van der Waals surface area contributed by atoms with Gasteiger partial charge in [0.05, 0.1) is 5.69 Å². The highest BCUT2D eigenvalue weighted by Crippen LogP contribution is 2.22. The van der Waals surface area contributed by atoms with Crippen LogP contribution in [0.25, 0.3) is 0 Å². The lowest BCUT2D eigenvalue weighted by Gasteiger charge is -2.32. The van der Waals surface area contributed by atoms with Gasteiger partial charge in [-0.15, -0.1) is 6.58 Å². The molecule has 134 valence electrons. The molecule has 2 aliphatic heterocycles. The van der Waals surface area contributed by atoms with Gasteiger partial charge in [0.1, 0.15) is 5.69 Å². The standard InChI is InChI=1S/C17H23N5O3/c1-2-6-18-16(24)15-19-14(13-5-3-4-7-22(13)15)17(25)21-10-8-20(12-23)9-11-21/h2,12H,1,3-11H2,(H,18,24). The molecule has 1 aromatic rings. The fourth-order valence-corrected chi connectivity index (χ4v) is 3.31. The van der Waals surface area contributed by atoms with E-state index < -0.39 is 0 Å². The Labute approximate surface area is 146 Å². The average Bonchev–Trinajstić information content (AvgIpc) is 3.05. The van der Waals surface area contributed by atoms with Crippen molar-refractivity contribution in [3.8, 4) is 0 Å². The molecule has 0 atom stereocenters. The van der Waals surface area contributed by atoms with Crippen LogP contribution in [0.2, 0.25) is 0 Å². The number of carbonyl (C=O) groups is 3. The topological polar surface area (TPSA) is 87.5 Å². The van der Waals surface area contributed by atoms with E-state index in [2.05, 4.69) is 16.9 Å². The zero-order chi connectivity index (χ0) is 17.8. The first-order chi connectivity index (χ1) is 12.2. The fourth-order valence-electron chi connectivity index (χ4n) is 3.31. The van der Waals surface area contributed by atoms with Crippen LogP contribution in [-0.2, 0) is 17.8 Å². The molecule has 1 fully saturated rings. The monoisotopic (exact) mass is 345 g/mol. The summed E-state index contributed by atoms with van der Waals surface area (Å²) in [4.78, 5) is 43.9. The van der Waals surface area contributed by atoms with E-state index in [1.165, 1.54) is 0 Å². The van der Waals surface area contributed by atoms with E-state index in [-0.39, 0.29) is 11.8 Å². The summed E-state index contributed by atoms with van der Waals surface area (Å²) >= 11 is 0. The molecule has 0 radical (unpaired) electrons. The molecule has 8 nitrogen and oxygen atoms in total. The van der Waals surface area contributed by atoms with Gasteiger partial charge >= 0.3 is 0 Å². The van der Waals surface area contributed by atoms with Gasteiger partial charge in [-0.3, -0.25) is 14.4 Å². The molecule has 0 unspecified atom stereocenters. The second-order valence-corrected chi connectivity index (χ2v) is 6.27. The van der Waals surface area contributed by atoms with Crippen molar-refractivity contribution >= 4 is 18.2 Å². The molecule has 0 saturated carbocycles. The molecule has 1 saturated heterocycles. The third-order valence-corrected chi connectivity index (χ3v) is 4.68. The van der Waals surface area contributed by atoms with E-state index in [4.69, 9.17) is 0 Å². The van der Waals surface area contributed by atoms with Crippen molar-refractivity contribution in [1.29, 1.82) is 0 Å². The predicted molar refractivity (Wildman–Crippen MR) is 91.2 cm³/mol. The third-order valence-electron chi connectivity index (χ3n) is 4.68. The van der Waals surface area contributed by atoms with Crippen LogP contribution in [-0.4, -0.2) is 70.3 Å². The molecule has 0 bridgehead atoms. The highest BCUT2D eigenvalue weighted by atomic mass is 16.2. The van der Waals surface area contributed by atoms with Gasteiger partial charge in [0.25, 0.3) is 11.8 Å². The van der Waals surface area contributed by atoms with E-state index in [1.54, 1.807) is 15.9 Å². The second-order valence-electron chi connectivity index (χ2n) is 6.27. The van der Waals surface area contributed by atoms with Gasteiger partial charge in [0.2, 0.25) is 6.41 Å². The minimum absolute atomic E-state index is 0.154. The molecular formula is C17H23N5O3. The van der Waals surface area contributed by atoms with E-state index in [9.17, 15) is 14.4 Å². The van der Waals surface area contributed by atoms with Gasteiger partial charge in [-0.1, -0.05) is 6.08 Å². The quantitative estimate of drug-likeness (QED) is 0.603. The summed E-state index contributed by atoms with van der Waals surface area (Å²) in [5, 5.41) is 2.73. The van der Waals surface area contributed by atoms with Crippen molar-refractivity contribution in [1.82, 2.24) is 24.7 Å². The molecule has 3 rings (SSSR count). The molecule has 1 N–H and O–H groups in total. The van der Waals surface area contributed by atoms with E-state index in [1.807, 2.05) is 4.57 Å². The summed E-state index contributed by atoms with van der Waals surface area (Å²) in [6.07, 6.45) is 5.12. The van der Waals surface area contributed by atoms with Gasteiger partial charge in [0, 0.05) is 39.3 Å². The maximum atomic E-state index is 12.9. The first kappa shape index (κ1) is 17.2. The number of rotatable bonds is 5. The van der Waals surface area contributed by atoms with Crippen LogP contribution in [0.1, 0.15) is 39.6 Å². The Morgan fingerprint density at radius 3 is 2.60 bits per heavy atom. The van der Waals surface area contributed by atoms with Crippen LogP contribution in [0.5, 0.6) is 0 Å². The Morgan fingerprint density at radius 2 is 1.92 bits per heavy atom. The number of imidazole rings is 1. The van der Waals surface area contributed by atoms with Gasteiger partial charge in [-0.05, 0) is 19.3 Å². The van der Waals surface area contributed by atoms with Gasteiger partial charge in [-0.2, -0.15) is 0 Å². The van der Waals surface area contributed by atoms with Crippen molar-refractivity contribution < 1.29 is 14.4 Å². The van der Waals surface area contributed by atoms with Crippen LogP contribution in [0, 0.1) is 0 Å². The smallest absolute Gasteiger partial charge is 0.287 e. The minimum atomic E-state index is -0.284. The number of hydrogen-bond donors (Lipinski definition) is 1. The Balaban J connectivity index is 1.84. The van der Waals surface area contributed by atoms with Crippen molar-refractivity contribution in [3.63, 3.8) is 0 Å². The summed E-state index contributed by atoms with van der Waals surface area (Å²) in [7, 11) is 0. The van der Waals surface area contributed by atoms with Crippen LogP contribution in [0.15, 0.2) is 12.7 Å². The molecule has 0 spiro atoms. The maximum absolute atomic E-state index is 12.9. The minimum Gasteiger partial charge on any atom is -0.346 e. The normalized spacial score (nSPS) is 17.0. The van der Waals surface area contributed by atoms with E-state index >= 15 is 0 Å². The van der Waals surface area contributed by atoms with E-state index in [0.717, 1.165) is 31.4 Å². The molecule has 25 heavy (non-hydrogen) atoms. The van der Waals surface area contributed by atoms with Crippen LogP contribution >= 0.6 is 0 Å². The van der Waals surface area contributed by atoms with Crippen molar-refractivity contribution in [2.24, 2.45) is 0 Å². The Morgan fingerprint density at radius 1 is 1.16 bits per heavy atom. The number of nitrogens with one attached hydrogen (secondary N) is 1. The maximum Gasteiger partial charge on any atom is 0.287 e. The highest BCUT2D eigenvalue weighted by molar-refractivity contribution is 5.97. The van der Waals surface area contributed by atoms with Gasteiger partial charge in [0.15, 0.2) is 5.82 Å². The molecule has 0 aromatic carbocycles. The Kier molecular flexibility index (Phi) is 5.16. The molecule has 1 aromatic heterocycles. The fraction of sp³-hybridized carbons (Fsp3) is 0.529. The Bertz CT molecular complexity index is 689. The van der Waals surface area contributed by atoms with Gasteiger partial charge in [-0.25, -0.2) is 4.98 Å². The second kappa shape index (κ2) is 7.50. The SMILES string of the molecule is C=CCNC(=O)c1nc(C(=O)N2CCN(C=O)CC2)c2n1CCCC2. The summed E-state index contributed by atoms with van der Waals surface area (Å²) in [6, 6.07) is 0. The number of hydrogen-bond acceptors (Lipinski definition) is 4. The average molecular weight is 345 g/mol. The first-order valence-corrected chi connectivity index (χ1v) is 8.62. The van der Waals surface area contributed by atoms with Crippen molar-refractivity contribution in [2.45, 2.75) is 25.8 Å². The summed E-state index contributed by atoms with van der Waals surface area (Å²) in [5.74, 6) is -0.140. The summed E-state index contributed by atoms with van der Waals surface area (Å²) in [5.41, 5.74) is 1.22. The molecule has 0 aliphatic carbocycles. The lowest BCUT2D eigenvalue weighted by Crippen LogP contribution is -2.48. The van der Waals surface area contributed by atoms with E-state index in [0.29, 0.717) is 50.8 Å². The molecule has 3 amide bonds. The molecular weight excluding hydrogens is 322 g/mol. The van der Waals surface area contributed by atoms with Crippen molar-refractivity contribution in [2.75, 3.05) is 32.7 Å². The predicted octanol–water partition coefficient (Wildman–Crippen LogP) is 0.0494. The number of amides is 3. The third kappa shape index (κ3) is 3.42. The van der Waals surface area contributed by atoms with Crippen LogP contribution < -0.4 is 5.32 Å². The first-order valence-electron chi connectivity index (χ1n) is 8.62. The largest absolute Gasteiger partial charge is 0.346 e. The zero-order valence-corrected chi connectivity index (χ0v) is 14.2. The molecule has 8 heteroatoms. The number of nitrogens with zero attached hydrogens (tertiary/aromatic N) is 4. The Hall–Kier alpha value is -2.64. The molecule has 2 aliphatic rings. The number of aromatic nitrogens is 2. The summed E-state index contributed by atoms with van der Waals surface area (Å²) in [6.45, 7) is 6.68. The molecule has 3 heterocycles. The summed E-state index contributed by atoms with van der Waals surface area (Å²) < 4.78 is 1.87. The number of piperazine rings is 1. The van der Waals surface area contributed by atoms with Crippen LogP contribution in [0.4, 0.5) is 0 Å². The van der Waals surface area contributed by atoms with Gasteiger partial charge < -0.3 is 19.7 Å².